The number of rotatable bonds is 8. The fourth-order valence-electron chi connectivity index (χ4n) is 2.89. The van der Waals surface area contributed by atoms with Crippen molar-refractivity contribution in [3.8, 4) is 0 Å². The Bertz CT molecular complexity index is 180. The van der Waals surface area contributed by atoms with E-state index >= 15 is 0 Å². The molecule has 1 aliphatic rings. The Labute approximate surface area is 103 Å². The van der Waals surface area contributed by atoms with Gasteiger partial charge in [-0.05, 0) is 31.6 Å². The first-order valence-corrected chi connectivity index (χ1v) is 7.49. The summed E-state index contributed by atoms with van der Waals surface area (Å²) in [4.78, 5) is 0. The molecule has 1 aliphatic carbocycles. The molecular formula is C16H30. The summed E-state index contributed by atoms with van der Waals surface area (Å²) < 4.78 is 0. The van der Waals surface area contributed by atoms with E-state index in [0.717, 1.165) is 5.92 Å². The first kappa shape index (κ1) is 13.8. The van der Waals surface area contributed by atoms with E-state index in [1.54, 1.807) is 0 Å². The highest BCUT2D eigenvalue weighted by Gasteiger charge is 2.14. The lowest BCUT2D eigenvalue weighted by molar-refractivity contribution is 0.376. The van der Waals surface area contributed by atoms with E-state index in [4.69, 9.17) is 0 Å². The van der Waals surface area contributed by atoms with Crippen LogP contribution in [0, 0.1) is 5.92 Å². The van der Waals surface area contributed by atoms with Crippen LogP contribution in [-0.4, -0.2) is 0 Å². The van der Waals surface area contributed by atoms with Crippen LogP contribution in [0.1, 0.15) is 84.0 Å². The van der Waals surface area contributed by atoms with Gasteiger partial charge in [-0.2, -0.15) is 0 Å². The second-order valence-electron chi connectivity index (χ2n) is 5.62. The van der Waals surface area contributed by atoms with Gasteiger partial charge in [0, 0.05) is 0 Å². The first-order chi connectivity index (χ1) is 7.83. The maximum absolute atomic E-state index is 4.14. The van der Waals surface area contributed by atoms with Gasteiger partial charge in [-0.15, -0.1) is 0 Å². The highest BCUT2D eigenvalue weighted by Crippen LogP contribution is 2.30. The third-order valence-electron chi connectivity index (χ3n) is 3.94. The predicted octanol–water partition coefficient (Wildman–Crippen LogP) is 5.87. The minimum absolute atomic E-state index is 0.983. The van der Waals surface area contributed by atoms with Gasteiger partial charge in [0.15, 0.2) is 0 Å². The lowest BCUT2D eigenvalue weighted by Crippen LogP contribution is -2.07. The monoisotopic (exact) mass is 222 g/mol. The molecule has 0 N–H and O–H groups in total. The van der Waals surface area contributed by atoms with Crippen molar-refractivity contribution in [1.82, 2.24) is 0 Å². The van der Waals surface area contributed by atoms with E-state index in [-0.39, 0.29) is 0 Å². The van der Waals surface area contributed by atoms with Crippen LogP contribution in [-0.2, 0) is 0 Å². The summed E-state index contributed by atoms with van der Waals surface area (Å²) >= 11 is 0. The molecule has 0 aromatic heterocycles. The molecule has 0 amide bonds. The number of allylic oxidation sites excluding steroid dienone is 1. The molecule has 0 bridgehead atoms. The molecule has 0 saturated heterocycles. The Kier molecular flexibility index (Phi) is 7.63. The number of hydrogen-bond donors (Lipinski definition) is 0. The van der Waals surface area contributed by atoms with Crippen LogP contribution < -0.4 is 0 Å². The molecule has 0 nitrogen and oxygen atoms in total. The SMILES string of the molecule is C=C1CCCC(CCCCCCCCC)C1. The molecule has 16 heavy (non-hydrogen) atoms. The van der Waals surface area contributed by atoms with Crippen molar-refractivity contribution < 1.29 is 0 Å². The molecular weight excluding hydrogens is 192 g/mol. The smallest absolute Gasteiger partial charge is 0.0294 e. The molecule has 1 saturated carbocycles. The van der Waals surface area contributed by atoms with E-state index in [0.29, 0.717) is 0 Å². The van der Waals surface area contributed by atoms with Gasteiger partial charge in [0.1, 0.15) is 0 Å². The van der Waals surface area contributed by atoms with Crippen LogP contribution in [0.5, 0.6) is 0 Å². The van der Waals surface area contributed by atoms with Crippen LogP contribution in [0.15, 0.2) is 12.2 Å². The number of unbranched alkanes of at least 4 members (excludes halogenated alkanes) is 6. The molecule has 0 aliphatic heterocycles. The van der Waals surface area contributed by atoms with Crippen LogP contribution in [0.25, 0.3) is 0 Å². The maximum Gasteiger partial charge on any atom is -0.0294 e. The molecule has 0 spiro atoms. The molecule has 0 heteroatoms. The summed E-state index contributed by atoms with van der Waals surface area (Å²) in [5, 5.41) is 0. The highest BCUT2D eigenvalue weighted by atomic mass is 14.2. The summed E-state index contributed by atoms with van der Waals surface area (Å²) in [5.41, 5.74) is 1.51. The molecule has 0 heterocycles. The van der Waals surface area contributed by atoms with Gasteiger partial charge in [0.05, 0.1) is 0 Å². The first-order valence-electron chi connectivity index (χ1n) is 7.49. The lowest BCUT2D eigenvalue weighted by Gasteiger charge is -2.23. The van der Waals surface area contributed by atoms with E-state index < -0.39 is 0 Å². The van der Waals surface area contributed by atoms with Gasteiger partial charge >= 0.3 is 0 Å². The minimum Gasteiger partial charge on any atom is -0.0999 e. The molecule has 0 aromatic carbocycles. The molecule has 94 valence electrons. The normalized spacial score (nSPS) is 21.3. The topological polar surface area (TPSA) is 0 Å². The van der Waals surface area contributed by atoms with Crippen molar-refractivity contribution in [1.29, 1.82) is 0 Å². The summed E-state index contributed by atoms with van der Waals surface area (Å²) in [6.45, 7) is 6.43. The zero-order chi connectivity index (χ0) is 11.6. The van der Waals surface area contributed by atoms with Crippen LogP contribution in [0.4, 0.5) is 0 Å². The number of hydrogen-bond acceptors (Lipinski definition) is 0. The molecule has 0 radical (unpaired) electrons. The zero-order valence-corrected chi connectivity index (χ0v) is 11.3. The van der Waals surface area contributed by atoms with E-state index in [2.05, 4.69) is 13.5 Å². The van der Waals surface area contributed by atoms with Crippen LogP contribution in [0.2, 0.25) is 0 Å². The summed E-state index contributed by atoms with van der Waals surface area (Å²) in [5.74, 6) is 0.983. The third kappa shape index (κ3) is 6.35. The van der Waals surface area contributed by atoms with E-state index in [1.165, 1.54) is 82.6 Å². The lowest BCUT2D eigenvalue weighted by atomic mass is 9.83. The fraction of sp³-hybridized carbons (Fsp3) is 0.875. The third-order valence-corrected chi connectivity index (χ3v) is 3.94. The van der Waals surface area contributed by atoms with Gasteiger partial charge in [-0.3, -0.25) is 0 Å². The van der Waals surface area contributed by atoms with Crippen LogP contribution >= 0.6 is 0 Å². The Morgan fingerprint density at radius 1 is 1.06 bits per heavy atom. The molecule has 1 atom stereocenters. The Balaban J connectivity index is 1.88. The highest BCUT2D eigenvalue weighted by molar-refractivity contribution is 4.98. The van der Waals surface area contributed by atoms with Crippen molar-refractivity contribution in [2.75, 3.05) is 0 Å². The standard InChI is InChI=1S/C16H30/c1-3-4-5-6-7-8-9-12-16-13-10-11-15(2)14-16/h16H,2-14H2,1H3. The van der Waals surface area contributed by atoms with E-state index in [1.807, 2.05) is 0 Å². The zero-order valence-electron chi connectivity index (χ0n) is 11.3. The Hall–Kier alpha value is -0.260. The minimum atomic E-state index is 0.983. The van der Waals surface area contributed by atoms with Crippen molar-refractivity contribution in [2.45, 2.75) is 84.0 Å². The molecule has 1 rings (SSSR count). The average molecular weight is 222 g/mol. The second kappa shape index (κ2) is 8.84. The van der Waals surface area contributed by atoms with Crippen molar-refractivity contribution in [3.05, 3.63) is 12.2 Å². The largest absolute Gasteiger partial charge is 0.0999 e. The van der Waals surface area contributed by atoms with Crippen molar-refractivity contribution in [2.24, 2.45) is 5.92 Å². The van der Waals surface area contributed by atoms with Gasteiger partial charge in [0.2, 0.25) is 0 Å². The molecule has 1 fully saturated rings. The van der Waals surface area contributed by atoms with Crippen molar-refractivity contribution in [3.63, 3.8) is 0 Å². The fourth-order valence-corrected chi connectivity index (χ4v) is 2.89. The Morgan fingerprint density at radius 2 is 1.75 bits per heavy atom. The van der Waals surface area contributed by atoms with Crippen molar-refractivity contribution >= 4 is 0 Å². The average Bonchev–Trinajstić information content (AvgIpc) is 2.28. The summed E-state index contributed by atoms with van der Waals surface area (Å²) in [6.07, 6.45) is 17.1. The second-order valence-corrected chi connectivity index (χ2v) is 5.62. The van der Waals surface area contributed by atoms with Gasteiger partial charge < -0.3 is 0 Å². The van der Waals surface area contributed by atoms with Gasteiger partial charge in [-0.1, -0.05) is 70.4 Å². The molecule has 0 aromatic rings. The summed E-state index contributed by atoms with van der Waals surface area (Å²) in [7, 11) is 0. The van der Waals surface area contributed by atoms with Gasteiger partial charge in [0.25, 0.3) is 0 Å². The maximum atomic E-state index is 4.14. The van der Waals surface area contributed by atoms with E-state index in [9.17, 15) is 0 Å². The quantitative estimate of drug-likeness (QED) is 0.356. The molecule has 1 unspecified atom stereocenters. The van der Waals surface area contributed by atoms with Crippen LogP contribution in [0.3, 0.4) is 0 Å². The summed E-state index contributed by atoms with van der Waals surface area (Å²) in [6, 6.07) is 0. The Morgan fingerprint density at radius 3 is 2.44 bits per heavy atom. The predicted molar refractivity (Wildman–Crippen MR) is 73.7 cm³/mol. The van der Waals surface area contributed by atoms with Gasteiger partial charge in [-0.25, -0.2) is 0 Å².